The molecule has 0 unspecified atom stereocenters. The molecule has 6 heteroatoms. The van der Waals surface area contributed by atoms with Crippen molar-refractivity contribution in [3.05, 3.63) is 76.8 Å². The van der Waals surface area contributed by atoms with Gasteiger partial charge >= 0.3 is 0 Å². The normalized spacial score (nSPS) is 11.5. The number of nitrogens with one attached hydrogen (secondary N) is 1. The Balaban J connectivity index is 1.99. The second-order valence-corrected chi connectivity index (χ2v) is 5.29. The molecule has 0 fully saturated rings. The molecular weight excluding hydrogens is 306 g/mol. The Morgan fingerprint density at radius 2 is 1.79 bits per heavy atom. The Kier molecular flexibility index (Phi) is 4.11. The van der Waals surface area contributed by atoms with E-state index >= 15 is 0 Å². The molecule has 24 heavy (non-hydrogen) atoms. The Morgan fingerprint density at radius 1 is 1.08 bits per heavy atom. The lowest BCUT2D eigenvalue weighted by molar-refractivity contribution is 0.0946. The minimum atomic E-state index is -0.687. The molecule has 2 amide bonds. The van der Waals surface area contributed by atoms with E-state index in [4.69, 9.17) is 10.2 Å². The first-order valence-corrected chi connectivity index (χ1v) is 7.28. The number of hydrogen-bond acceptors (Lipinski definition) is 4. The number of nitrogens with zero attached hydrogens (tertiary/aromatic N) is 1. The molecule has 2 aromatic carbocycles. The maximum atomic E-state index is 12.1. The lowest BCUT2D eigenvalue weighted by Gasteiger charge is -2.03. The van der Waals surface area contributed by atoms with E-state index in [0.29, 0.717) is 11.1 Å². The summed E-state index contributed by atoms with van der Waals surface area (Å²) in [4.78, 5) is 23.7. The third-order valence-electron chi connectivity index (χ3n) is 3.49. The summed E-state index contributed by atoms with van der Waals surface area (Å²) in [5.41, 5.74) is 9.83. The zero-order valence-electron chi connectivity index (χ0n) is 12.9. The number of rotatable bonds is 3. The van der Waals surface area contributed by atoms with Gasteiger partial charge in [0.05, 0.1) is 0 Å². The smallest absolute Gasteiger partial charge is 0.271 e. The summed E-state index contributed by atoms with van der Waals surface area (Å²) in [7, 11) is 0. The van der Waals surface area contributed by atoms with Crippen molar-refractivity contribution in [3.8, 4) is 0 Å². The molecule has 3 aromatic rings. The highest BCUT2D eigenvalue weighted by atomic mass is 16.3. The Hall–Kier alpha value is -3.41. The number of para-hydroxylation sites is 1. The van der Waals surface area contributed by atoms with Crippen molar-refractivity contribution >= 4 is 22.8 Å². The molecular formula is C18H15N3O3. The highest BCUT2D eigenvalue weighted by Gasteiger charge is 2.10. The fourth-order valence-electron chi connectivity index (χ4n) is 2.20. The molecule has 3 N–H and O–H groups in total. The standard InChI is InChI=1S/C18H15N3O3/c1-11-6-8-12(9-7-11)17(23)20-21-18-14(16(19)22)10-13-4-2-3-5-15(13)24-18/h2-10H,1H3,(H2,19,22)(H,20,23)/b21-18+. The molecule has 0 radical (unpaired) electrons. The van der Waals surface area contributed by atoms with Crippen LogP contribution < -0.4 is 16.7 Å². The second-order valence-electron chi connectivity index (χ2n) is 5.29. The third-order valence-corrected chi connectivity index (χ3v) is 3.49. The number of carbonyl (C=O) groups excluding carboxylic acids is 2. The molecule has 1 aromatic heterocycles. The quantitative estimate of drug-likeness (QED) is 0.723. The lowest BCUT2D eigenvalue weighted by atomic mass is 10.1. The lowest BCUT2D eigenvalue weighted by Crippen LogP contribution is -2.27. The van der Waals surface area contributed by atoms with E-state index in [-0.39, 0.29) is 11.1 Å². The minimum Gasteiger partial charge on any atom is -0.436 e. The summed E-state index contributed by atoms with van der Waals surface area (Å²) in [5.74, 6) is -1.10. The van der Waals surface area contributed by atoms with E-state index in [1.807, 2.05) is 25.1 Å². The van der Waals surface area contributed by atoms with Crippen LogP contribution in [-0.2, 0) is 0 Å². The van der Waals surface area contributed by atoms with Gasteiger partial charge in [0.1, 0.15) is 11.1 Å². The average Bonchev–Trinajstić information content (AvgIpc) is 2.59. The maximum absolute atomic E-state index is 12.1. The fraction of sp³-hybridized carbons (Fsp3) is 0.0556. The summed E-state index contributed by atoms with van der Waals surface area (Å²) < 4.78 is 5.58. The summed E-state index contributed by atoms with van der Waals surface area (Å²) in [6.45, 7) is 1.93. The second kappa shape index (κ2) is 6.37. The molecule has 0 aliphatic carbocycles. The number of benzene rings is 2. The number of amides is 2. The molecule has 0 aliphatic heterocycles. The summed E-state index contributed by atoms with van der Waals surface area (Å²) in [6, 6.07) is 15.7. The molecule has 1 heterocycles. The minimum absolute atomic E-state index is 0.0401. The van der Waals surface area contributed by atoms with Crippen molar-refractivity contribution in [2.75, 3.05) is 0 Å². The van der Waals surface area contributed by atoms with Gasteiger partial charge < -0.3 is 10.2 Å². The summed E-state index contributed by atoms with van der Waals surface area (Å²) >= 11 is 0. The van der Waals surface area contributed by atoms with Crippen LogP contribution in [0.15, 0.2) is 64.1 Å². The van der Waals surface area contributed by atoms with Crippen LogP contribution in [0, 0.1) is 6.92 Å². The Bertz CT molecular complexity index is 988. The monoisotopic (exact) mass is 321 g/mol. The Morgan fingerprint density at radius 3 is 2.50 bits per heavy atom. The predicted octanol–water partition coefficient (Wildman–Crippen LogP) is 2.09. The fourth-order valence-corrected chi connectivity index (χ4v) is 2.20. The van der Waals surface area contributed by atoms with Gasteiger partial charge in [0, 0.05) is 10.9 Å². The average molecular weight is 321 g/mol. The van der Waals surface area contributed by atoms with Gasteiger partial charge in [-0.25, -0.2) is 5.43 Å². The largest absolute Gasteiger partial charge is 0.436 e. The first kappa shape index (κ1) is 15.5. The molecule has 120 valence electrons. The van der Waals surface area contributed by atoms with E-state index < -0.39 is 11.8 Å². The zero-order chi connectivity index (χ0) is 17.1. The number of carbonyl (C=O) groups is 2. The molecule has 6 nitrogen and oxygen atoms in total. The van der Waals surface area contributed by atoms with Gasteiger partial charge in [0.15, 0.2) is 0 Å². The van der Waals surface area contributed by atoms with Crippen molar-refractivity contribution in [2.45, 2.75) is 6.92 Å². The van der Waals surface area contributed by atoms with E-state index in [0.717, 1.165) is 10.9 Å². The molecule has 0 spiro atoms. The molecule has 0 bridgehead atoms. The van der Waals surface area contributed by atoms with Crippen LogP contribution in [0.1, 0.15) is 26.3 Å². The number of nitrogens with two attached hydrogens (primary N) is 1. The van der Waals surface area contributed by atoms with Crippen LogP contribution in [0.3, 0.4) is 0 Å². The number of fused-ring (bicyclic) bond motifs is 1. The molecule has 0 atom stereocenters. The van der Waals surface area contributed by atoms with Gasteiger partial charge in [-0.2, -0.15) is 0 Å². The van der Waals surface area contributed by atoms with Crippen molar-refractivity contribution in [1.82, 2.24) is 5.43 Å². The molecule has 0 saturated heterocycles. The van der Waals surface area contributed by atoms with Gasteiger partial charge in [-0.1, -0.05) is 35.9 Å². The predicted molar refractivity (Wildman–Crippen MR) is 88.9 cm³/mol. The van der Waals surface area contributed by atoms with E-state index in [9.17, 15) is 9.59 Å². The van der Waals surface area contributed by atoms with Crippen LogP contribution in [0.4, 0.5) is 0 Å². The van der Waals surface area contributed by atoms with E-state index in [1.165, 1.54) is 0 Å². The molecule has 3 rings (SSSR count). The van der Waals surface area contributed by atoms with E-state index in [2.05, 4.69) is 10.5 Å². The van der Waals surface area contributed by atoms with Gasteiger partial charge in [0.2, 0.25) is 5.55 Å². The zero-order valence-corrected chi connectivity index (χ0v) is 12.9. The van der Waals surface area contributed by atoms with Gasteiger partial charge in [0.25, 0.3) is 11.8 Å². The summed E-state index contributed by atoms with van der Waals surface area (Å²) in [5, 5.41) is 4.63. The van der Waals surface area contributed by atoms with Crippen LogP contribution in [0.2, 0.25) is 0 Å². The van der Waals surface area contributed by atoms with E-state index in [1.54, 1.807) is 36.4 Å². The SMILES string of the molecule is Cc1ccc(C(=O)N/N=c2/oc3ccccc3cc2C(N)=O)cc1. The van der Waals surface area contributed by atoms with Gasteiger partial charge in [-0.15, -0.1) is 5.10 Å². The van der Waals surface area contributed by atoms with Crippen LogP contribution in [0.25, 0.3) is 11.0 Å². The van der Waals surface area contributed by atoms with Crippen LogP contribution in [-0.4, -0.2) is 11.8 Å². The number of hydrogen-bond donors (Lipinski definition) is 2. The van der Waals surface area contributed by atoms with Crippen molar-refractivity contribution in [2.24, 2.45) is 10.8 Å². The third kappa shape index (κ3) is 3.17. The van der Waals surface area contributed by atoms with Gasteiger partial charge in [-0.3, -0.25) is 9.59 Å². The van der Waals surface area contributed by atoms with Gasteiger partial charge in [-0.05, 0) is 31.2 Å². The van der Waals surface area contributed by atoms with Crippen molar-refractivity contribution in [1.29, 1.82) is 0 Å². The Labute approximate surface area is 137 Å². The summed E-state index contributed by atoms with van der Waals surface area (Å²) in [6.07, 6.45) is 0. The first-order chi connectivity index (χ1) is 11.5. The number of primary amides is 1. The first-order valence-electron chi connectivity index (χ1n) is 7.28. The molecule has 0 saturated carbocycles. The molecule has 0 aliphatic rings. The number of aryl methyl sites for hydroxylation is 1. The highest BCUT2D eigenvalue weighted by Crippen LogP contribution is 2.12. The van der Waals surface area contributed by atoms with Crippen LogP contribution >= 0.6 is 0 Å². The maximum Gasteiger partial charge on any atom is 0.271 e. The van der Waals surface area contributed by atoms with Crippen molar-refractivity contribution < 1.29 is 14.0 Å². The highest BCUT2D eigenvalue weighted by molar-refractivity contribution is 5.96. The van der Waals surface area contributed by atoms with Crippen LogP contribution in [0.5, 0.6) is 0 Å². The topological polar surface area (TPSA) is 97.7 Å². The van der Waals surface area contributed by atoms with Crippen molar-refractivity contribution in [3.63, 3.8) is 0 Å².